The largest absolute Gasteiger partial charge is 0.306 e. The number of hydrogen-bond acceptors (Lipinski definition) is 3. The number of nitrogens with one attached hydrogen (secondary N) is 2. The number of halogens is 3. The Balaban J connectivity index is 2.34. The summed E-state index contributed by atoms with van der Waals surface area (Å²) in [5.41, 5.74) is -0.673. The van der Waals surface area contributed by atoms with Crippen LogP contribution in [0.2, 0.25) is 0 Å². The minimum Gasteiger partial charge on any atom is -0.306 e. The first-order valence-electron chi connectivity index (χ1n) is 4.92. The van der Waals surface area contributed by atoms with Gasteiger partial charge in [-0.05, 0) is 12.1 Å². The van der Waals surface area contributed by atoms with Crippen LogP contribution in [0.15, 0.2) is 22.8 Å². The summed E-state index contributed by atoms with van der Waals surface area (Å²) in [6.07, 6.45) is 1.18. The Morgan fingerprint density at radius 3 is 2.63 bits per heavy atom. The maximum absolute atomic E-state index is 13.6. The van der Waals surface area contributed by atoms with Crippen LogP contribution in [0.25, 0.3) is 0 Å². The summed E-state index contributed by atoms with van der Waals surface area (Å²) in [6, 6.07) is 3.70. The average molecular weight is 327 g/mol. The van der Waals surface area contributed by atoms with Crippen LogP contribution in [0, 0.1) is 23.0 Å². The molecular formula is C11H5BrF2N4O. The van der Waals surface area contributed by atoms with Crippen molar-refractivity contribution in [3.63, 3.8) is 0 Å². The van der Waals surface area contributed by atoms with E-state index in [4.69, 9.17) is 5.26 Å². The van der Waals surface area contributed by atoms with Crippen molar-refractivity contribution in [2.75, 3.05) is 5.32 Å². The van der Waals surface area contributed by atoms with Gasteiger partial charge < -0.3 is 5.32 Å². The zero-order valence-corrected chi connectivity index (χ0v) is 10.8. The topological polar surface area (TPSA) is 81.6 Å². The van der Waals surface area contributed by atoms with E-state index in [1.54, 1.807) is 6.07 Å². The van der Waals surface area contributed by atoms with Gasteiger partial charge in [-0.1, -0.05) is 15.9 Å². The molecule has 1 aromatic heterocycles. The molecule has 0 radical (unpaired) electrons. The molecule has 0 saturated carbocycles. The van der Waals surface area contributed by atoms with E-state index in [0.29, 0.717) is 0 Å². The van der Waals surface area contributed by atoms with Gasteiger partial charge in [-0.15, -0.1) is 0 Å². The normalized spacial score (nSPS) is 10.0. The van der Waals surface area contributed by atoms with E-state index in [1.165, 1.54) is 6.20 Å². The maximum Gasteiger partial charge on any atom is 0.262 e. The van der Waals surface area contributed by atoms with E-state index in [9.17, 15) is 13.6 Å². The second-order valence-corrected chi connectivity index (χ2v) is 4.38. The van der Waals surface area contributed by atoms with E-state index in [0.717, 1.165) is 12.1 Å². The fourth-order valence-corrected chi connectivity index (χ4v) is 1.80. The molecule has 0 aliphatic heterocycles. The Morgan fingerprint density at radius 2 is 2.05 bits per heavy atom. The minimum atomic E-state index is -1.01. The number of anilines is 1. The minimum absolute atomic E-state index is 0.0192. The first-order chi connectivity index (χ1) is 9.02. The molecule has 96 valence electrons. The molecule has 0 saturated heterocycles. The van der Waals surface area contributed by atoms with E-state index < -0.39 is 23.1 Å². The third kappa shape index (κ3) is 2.61. The molecule has 2 rings (SSSR count). The smallest absolute Gasteiger partial charge is 0.262 e. The van der Waals surface area contributed by atoms with Crippen molar-refractivity contribution in [1.29, 1.82) is 5.26 Å². The van der Waals surface area contributed by atoms with Crippen molar-refractivity contribution in [2.24, 2.45) is 0 Å². The highest BCUT2D eigenvalue weighted by atomic mass is 79.9. The predicted molar refractivity (Wildman–Crippen MR) is 65.3 cm³/mol. The predicted octanol–water partition coefficient (Wildman–Crippen LogP) is 2.57. The highest BCUT2D eigenvalue weighted by molar-refractivity contribution is 9.10. The SMILES string of the molecule is N#Cc1cn[nH]c1NC(=O)c1c(F)cc(Br)cc1F. The Bertz CT molecular complexity index is 669. The Hall–Kier alpha value is -2.27. The Morgan fingerprint density at radius 1 is 1.42 bits per heavy atom. The zero-order chi connectivity index (χ0) is 14.0. The number of hydrogen-bond donors (Lipinski definition) is 2. The number of aromatic amines is 1. The standard InChI is InChI=1S/C11H5BrF2N4O/c12-6-1-7(13)9(8(14)2-6)11(19)17-10-5(3-15)4-16-18-10/h1-2,4H,(H2,16,17,18,19). The van der Waals surface area contributed by atoms with Gasteiger partial charge in [0.15, 0.2) is 0 Å². The highest BCUT2D eigenvalue weighted by Gasteiger charge is 2.20. The molecular weight excluding hydrogens is 322 g/mol. The molecule has 0 aliphatic carbocycles. The number of benzene rings is 1. The van der Waals surface area contributed by atoms with E-state index in [1.807, 2.05) is 0 Å². The van der Waals surface area contributed by atoms with Crippen molar-refractivity contribution in [1.82, 2.24) is 10.2 Å². The molecule has 0 aliphatic rings. The molecule has 1 aromatic carbocycles. The Labute approximate surface area is 114 Å². The molecule has 2 aromatic rings. The summed E-state index contributed by atoms with van der Waals surface area (Å²) in [6.45, 7) is 0. The van der Waals surface area contributed by atoms with Crippen LogP contribution in [-0.2, 0) is 0 Å². The molecule has 0 unspecified atom stereocenters. The third-order valence-electron chi connectivity index (χ3n) is 2.23. The van der Waals surface area contributed by atoms with Crippen LogP contribution >= 0.6 is 15.9 Å². The molecule has 1 heterocycles. The lowest BCUT2D eigenvalue weighted by atomic mass is 10.2. The van der Waals surface area contributed by atoms with Gasteiger partial charge in [0.05, 0.1) is 6.20 Å². The van der Waals surface area contributed by atoms with Gasteiger partial charge >= 0.3 is 0 Å². The maximum atomic E-state index is 13.6. The summed E-state index contributed by atoms with van der Waals surface area (Å²) in [5, 5.41) is 16.8. The molecule has 0 bridgehead atoms. The summed E-state index contributed by atoms with van der Waals surface area (Å²) < 4.78 is 27.3. The summed E-state index contributed by atoms with van der Waals surface area (Å²) >= 11 is 2.91. The number of H-pyrrole nitrogens is 1. The number of rotatable bonds is 2. The van der Waals surface area contributed by atoms with Gasteiger partial charge in [0, 0.05) is 4.47 Å². The van der Waals surface area contributed by atoms with Gasteiger partial charge in [-0.3, -0.25) is 9.89 Å². The number of carbonyl (C=O) groups is 1. The van der Waals surface area contributed by atoms with Crippen LogP contribution in [-0.4, -0.2) is 16.1 Å². The van der Waals surface area contributed by atoms with Gasteiger partial charge in [0.1, 0.15) is 34.6 Å². The monoisotopic (exact) mass is 326 g/mol. The molecule has 0 spiro atoms. The lowest BCUT2D eigenvalue weighted by Gasteiger charge is -2.06. The lowest BCUT2D eigenvalue weighted by Crippen LogP contribution is -2.16. The van der Waals surface area contributed by atoms with E-state index in [2.05, 4.69) is 31.4 Å². The summed E-state index contributed by atoms with van der Waals surface area (Å²) in [4.78, 5) is 11.8. The molecule has 0 fully saturated rings. The van der Waals surface area contributed by atoms with Crippen molar-refractivity contribution in [3.8, 4) is 6.07 Å². The first kappa shape index (κ1) is 13.2. The third-order valence-corrected chi connectivity index (χ3v) is 2.69. The van der Waals surface area contributed by atoms with Crippen molar-refractivity contribution >= 4 is 27.7 Å². The summed E-state index contributed by atoms with van der Waals surface area (Å²) in [5.74, 6) is -3.05. The van der Waals surface area contributed by atoms with Crippen molar-refractivity contribution in [2.45, 2.75) is 0 Å². The highest BCUT2D eigenvalue weighted by Crippen LogP contribution is 2.21. The quantitative estimate of drug-likeness (QED) is 0.889. The Kier molecular flexibility index (Phi) is 3.57. The molecule has 1 amide bonds. The average Bonchev–Trinajstić information content (AvgIpc) is 2.74. The number of amides is 1. The number of carbonyl (C=O) groups excluding carboxylic acids is 1. The number of aromatic nitrogens is 2. The second kappa shape index (κ2) is 5.16. The van der Waals surface area contributed by atoms with Crippen LogP contribution in [0.5, 0.6) is 0 Å². The fourth-order valence-electron chi connectivity index (χ4n) is 1.40. The van der Waals surface area contributed by atoms with Crippen LogP contribution < -0.4 is 5.32 Å². The van der Waals surface area contributed by atoms with Crippen molar-refractivity contribution in [3.05, 3.63) is 45.6 Å². The molecule has 19 heavy (non-hydrogen) atoms. The van der Waals surface area contributed by atoms with Gasteiger partial charge in [0.2, 0.25) is 0 Å². The van der Waals surface area contributed by atoms with Gasteiger partial charge in [-0.2, -0.15) is 10.4 Å². The molecule has 8 heteroatoms. The second-order valence-electron chi connectivity index (χ2n) is 3.47. The first-order valence-corrected chi connectivity index (χ1v) is 5.71. The van der Waals surface area contributed by atoms with Crippen LogP contribution in [0.3, 0.4) is 0 Å². The fraction of sp³-hybridized carbons (Fsp3) is 0. The molecule has 5 nitrogen and oxygen atoms in total. The van der Waals surface area contributed by atoms with Crippen LogP contribution in [0.4, 0.5) is 14.6 Å². The van der Waals surface area contributed by atoms with Crippen LogP contribution in [0.1, 0.15) is 15.9 Å². The number of nitriles is 1. The number of nitrogens with zero attached hydrogens (tertiary/aromatic N) is 2. The van der Waals surface area contributed by atoms with Crippen molar-refractivity contribution < 1.29 is 13.6 Å². The lowest BCUT2D eigenvalue weighted by molar-refractivity contribution is 0.101. The van der Waals surface area contributed by atoms with Gasteiger partial charge in [0.25, 0.3) is 5.91 Å². The molecule has 2 N–H and O–H groups in total. The van der Waals surface area contributed by atoms with E-state index >= 15 is 0 Å². The zero-order valence-electron chi connectivity index (χ0n) is 9.17. The molecule has 0 atom stereocenters. The van der Waals surface area contributed by atoms with E-state index in [-0.39, 0.29) is 15.9 Å². The van der Waals surface area contributed by atoms with Gasteiger partial charge in [-0.25, -0.2) is 8.78 Å². The summed E-state index contributed by atoms with van der Waals surface area (Å²) in [7, 11) is 0.